The van der Waals surface area contributed by atoms with Crippen LogP contribution in [-0.2, 0) is 14.4 Å². The van der Waals surface area contributed by atoms with Crippen LogP contribution in [0.15, 0.2) is 0 Å². The highest BCUT2D eigenvalue weighted by Crippen LogP contribution is 2.68. The van der Waals surface area contributed by atoms with Gasteiger partial charge in [0.15, 0.2) is 0 Å². The summed E-state index contributed by atoms with van der Waals surface area (Å²) in [6, 6.07) is -1.33. The standard InChI is InChI=1S/C28H46N2O7/c1-14(4-7-24(35)30-20(26(36)37)13-23(29)34)17-5-6-18-25-19(12-22(33)28(17,18)3)27(2)9-8-16(31)10-15(27)11-21(25)32/h14-22,25,31-33H,4-13H2,1-3H3,(H2,29,34)(H,30,35)(H,36,37)/t14-,15+,16-,17-,18+,19+,20?,21-,22+,25+,27+,28-/m1/s1. The zero-order chi connectivity index (χ0) is 27.3. The van der Waals surface area contributed by atoms with Crippen LogP contribution < -0.4 is 11.1 Å². The second kappa shape index (κ2) is 10.5. The van der Waals surface area contributed by atoms with E-state index in [0.717, 1.165) is 32.1 Å². The molecule has 0 heterocycles. The quantitative estimate of drug-likeness (QED) is 0.282. The Kier molecular flexibility index (Phi) is 8.00. The molecular formula is C28H46N2O7. The lowest BCUT2D eigenvalue weighted by molar-refractivity contribution is -0.207. The van der Waals surface area contributed by atoms with Gasteiger partial charge in [-0.2, -0.15) is 0 Å². The fraction of sp³-hybridized carbons (Fsp3) is 0.893. The van der Waals surface area contributed by atoms with Gasteiger partial charge < -0.3 is 31.5 Å². The minimum atomic E-state index is -1.33. The van der Waals surface area contributed by atoms with E-state index in [1.807, 2.05) is 0 Å². The number of carbonyl (C=O) groups is 3. The molecule has 4 saturated carbocycles. The Bertz CT molecular complexity index is 898. The highest BCUT2D eigenvalue weighted by Gasteiger charge is 2.65. The Morgan fingerprint density at radius 2 is 1.73 bits per heavy atom. The van der Waals surface area contributed by atoms with E-state index in [0.29, 0.717) is 19.3 Å². The largest absolute Gasteiger partial charge is 0.480 e. The number of aliphatic hydroxyl groups is 3. The SMILES string of the molecule is C[C@H](CCC(=O)NC(CC(N)=O)C(=O)O)[C@H]1CC[C@H]2[C@@H]3[C@H](O)C[C@@H]4C[C@H](O)CC[C@]4(C)[C@H]3C[C@H](O)[C@]12C. The van der Waals surface area contributed by atoms with E-state index >= 15 is 0 Å². The van der Waals surface area contributed by atoms with Crippen LogP contribution in [0.5, 0.6) is 0 Å². The number of primary amides is 1. The van der Waals surface area contributed by atoms with E-state index < -0.39 is 42.5 Å². The van der Waals surface area contributed by atoms with Gasteiger partial charge in [-0.15, -0.1) is 0 Å². The van der Waals surface area contributed by atoms with Gasteiger partial charge >= 0.3 is 5.97 Å². The van der Waals surface area contributed by atoms with Crippen LogP contribution in [0, 0.1) is 46.3 Å². The van der Waals surface area contributed by atoms with Gasteiger partial charge in [-0.05, 0) is 97.7 Å². The van der Waals surface area contributed by atoms with E-state index in [1.54, 1.807) is 0 Å². The first-order valence-electron chi connectivity index (χ1n) is 14.1. The lowest BCUT2D eigenvalue weighted by atomic mass is 9.43. The maximum absolute atomic E-state index is 12.5. The fourth-order valence-corrected chi connectivity index (χ4v) is 9.36. The minimum Gasteiger partial charge on any atom is -0.480 e. The molecule has 0 spiro atoms. The molecule has 0 bridgehead atoms. The van der Waals surface area contributed by atoms with E-state index in [1.165, 1.54) is 0 Å². The zero-order valence-electron chi connectivity index (χ0n) is 22.4. The van der Waals surface area contributed by atoms with Gasteiger partial charge in [0.25, 0.3) is 0 Å². The average molecular weight is 523 g/mol. The number of nitrogens with one attached hydrogen (secondary N) is 1. The summed E-state index contributed by atoms with van der Waals surface area (Å²) in [4.78, 5) is 34.9. The first-order chi connectivity index (χ1) is 17.3. The van der Waals surface area contributed by atoms with Crippen LogP contribution in [0.3, 0.4) is 0 Å². The maximum Gasteiger partial charge on any atom is 0.326 e. The number of carbonyl (C=O) groups excluding carboxylic acids is 2. The first-order valence-corrected chi connectivity index (χ1v) is 14.1. The molecule has 9 nitrogen and oxygen atoms in total. The van der Waals surface area contributed by atoms with Crippen LogP contribution in [0.25, 0.3) is 0 Å². The first kappa shape index (κ1) is 28.3. The number of nitrogens with two attached hydrogens (primary N) is 1. The third-order valence-corrected chi connectivity index (χ3v) is 11.4. The number of aliphatic hydroxyl groups excluding tert-OH is 3. The Morgan fingerprint density at radius 3 is 2.38 bits per heavy atom. The summed E-state index contributed by atoms with van der Waals surface area (Å²) in [6.07, 6.45) is 4.71. The second-order valence-electron chi connectivity index (χ2n) is 13.2. The Balaban J connectivity index is 1.44. The number of hydrogen-bond donors (Lipinski definition) is 6. The van der Waals surface area contributed by atoms with Crippen molar-refractivity contribution < 1.29 is 34.8 Å². The van der Waals surface area contributed by atoms with Crippen molar-refractivity contribution in [2.24, 2.45) is 52.1 Å². The molecule has 0 aromatic heterocycles. The van der Waals surface area contributed by atoms with Crippen LogP contribution in [-0.4, -0.2) is 62.6 Å². The van der Waals surface area contributed by atoms with E-state index in [-0.39, 0.29) is 58.9 Å². The van der Waals surface area contributed by atoms with Crippen molar-refractivity contribution in [3.63, 3.8) is 0 Å². The number of carboxylic acids is 1. The molecular weight excluding hydrogens is 476 g/mol. The van der Waals surface area contributed by atoms with Crippen molar-refractivity contribution in [2.75, 3.05) is 0 Å². The lowest BCUT2D eigenvalue weighted by Crippen LogP contribution is -2.62. The third-order valence-electron chi connectivity index (χ3n) is 11.4. The number of fused-ring (bicyclic) bond motifs is 5. The van der Waals surface area contributed by atoms with E-state index in [2.05, 4.69) is 26.1 Å². The van der Waals surface area contributed by atoms with Crippen molar-refractivity contribution >= 4 is 17.8 Å². The minimum absolute atomic E-state index is 0.0266. The van der Waals surface area contributed by atoms with Gasteiger partial charge in [0.1, 0.15) is 6.04 Å². The topological polar surface area (TPSA) is 170 Å². The normalized spacial score (nSPS) is 44.6. The van der Waals surface area contributed by atoms with Crippen molar-refractivity contribution in [1.29, 1.82) is 0 Å². The summed E-state index contributed by atoms with van der Waals surface area (Å²) in [6.45, 7) is 6.59. The molecule has 0 aliphatic heterocycles. The van der Waals surface area contributed by atoms with Crippen molar-refractivity contribution in [1.82, 2.24) is 5.32 Å². The fourth-order valence-electron chi connectivity index (χ4n) is 9.36. The van der Waals surface area contributed by atoms with E-state index in [4.69, 9.17) is 5.73 Å². The summed E-state index contributed by atoms with van der Waals surface area (Å²) < 4.78 is 0. The zero-order valence-corrected chi connectivity index (χ0v) is 22.4. The molecule has 4 fully saturated rings. The van der Waals surface area contributed by atoms with Crippen LogP contribution >= 0.6 is 0 Å². The molecule has 0 aromatic carbocycles. The molecule has 37 heavy (non-hydrogen) atoms. The van der Waals surface area contributed by atoms with Crippen LogP contribution in [0.2, 0.25) is 0 Å². The average Bonchev–Trinajstić information content (AvgIpc) is 3.17. The molecule has 12 atom stereocenters. The summed E-state index contributed by atoms with van der Waals surface area (Å²) in [5.74, 6) is -1.34. The molecule has 210 valence electrons. The molecule has 0 saturated heterocycles. The second-order valence-corrected chi connectivity index (χ2v) is 13.2. The van der Waals surface area contributed by atoms with Crippen LogP contribution in [0.4, 0.5) is 0 Å². The number of amides is 2. The molecule has 0 aromatic rings. The monoisotopic (exact) mass is 522 g/mol. The summed E-state index contributed by atoms with van der Waals surface area (Å²) >= 11 is 0. The molecule has 1 unspecified atom stereocenters. The van der Waals surface area contributed by atoms with E-state index in [9.17, 15) is 34.8 Å². The van der Waals surface area contributed by atoms with Gasteiger partial charge in [-0.3, -0.25) is 9.59 Å². The molecule has 4 rings (SSSR count). The highest BCUT2D eigenvalue weighted by atomic mass is 16.4. The smallest absolute Gasteiger partial charge is 0.326 e. The lowest BCUT2D eigenvalue weighted by Gasteiger charge is -2.63. The van der Waals surface area contributed by atoms with Gasteiger partial charge in [-0.25, -0.2) is 4.79 Å². The van der Waals surface area contributed by atoms with Gasteiger partial charge in [0.2, 0.25) is 11.8 Å². The number of aliphatic carboxylic acids is 1. The summed E-state index contributed by atoms with van der Waals surface area (Å²) in [5, 5.41) is 45.0. The number of rotatable bonds is 8. The van der Waals surface area contributed by atoms with Crippen LogP contribution in [0.1, 0.15) is 85.0 Å². The highest BCUT2D eigenvalue weighted by molar-refractivity contribution is 5.88. The summed E-state index contributed by atoms with van der Waals surface area (Å²) in [7, 11) is 0. The van der Waals surface area contributed by atoms with Gasteiger partial charge in [0.05, 0.1) is 24.7 Å². The Morgan fingerprint density at radius 1 is 1.03 bits per heavy atom. The summed E-state index contributed by atoms with van der Waals surface area (Å²) in [5.41, 5.74) is 4.77. The molecule has 7 N–H and O–H groups in total. The van der Waals surface area contributed by atoms with Crippen molar-refractivity contribution in [3.8, 4) is 0 Å². The number of carboxylic acid groups (broad SMARTS) is 1. The molecule has 4 aliphatic carbocycles. The predicted molar refractivity (Wildman–Crippen MR) is 136 cm³/mol. The van der Waals surface area contributed by atoms with Gasteiger partial charge in [0, 0.05) is 6.42 Å². The van der Waals surface area contributed by atoms with Crippen molar-refractivity contribution in [3.05, 3.63) is 0 Å². The van der Waals surface area contributed by atoms with Gasteiger partial charge in [-0.1, -0.05) is 20.8 Å². The number of hydrogen-bond acceptors (Lipinski definition) is 6. The molecule has 9 heteroatoms. The third kappa shape index (κ3) is 5.03. The predicted octanol–water partition coefficient (Wildman–Crippen LogP) is 1.81. The Hall–Kier alpha value is -1.71. The molecule has 0 radical (unpaired) electrons. The maximum atomic E-state index is 12.5. The molecule has 2 amide bonds. The Labute approximate surface area is 219 Å². The van der Waals surface area contributed by atoms with Crippen molar-refractivity contribution in [2.45, 2.75) is 109 Å². The molecule has 4 aliphatic rings.